The molecule has 0 spiro atoms. The number of methoxy groups -OCH3 is 1. The predicted molar refractivity (Wildman–Crippen MR) is 72.9 cm³/mol. The van der Waals surface area contributed by atoms with Gasteiger partial charge in [-0.3, -0.25) is 19.7 Å². The van der Waals surface area contributed by atoms with E-state index in [9.17, 15) is 19.5 Å². The quantitative estimate of drug-likeness (QED) is 0.780. The van der Waals surface area contributed by atoms with Crippen LogP contribution < -0.4 is 10.1 Å². The van der Waals surface area contributed by atoms with Crippen molar-refractivity contribution in [3.63, 3.8) is 0 Å². The Labute approximate surface area is 121 Å². The van der Waals surface area contributed by atoms with E-state index in [-0.39, 0.29) is 17.9 Å². The standard InChI is InChI=1S/C14H16N2O5/c1-3-10-13(19)15-12(18)7-16(10)14(20)9-6-8(21-2)4-5-11(9)17/h4-6,10,17H,3,7H2,1-2H3,(H,15,18,19). The topological polar surface area (TPSA) is 95.9 Å². The fraction of sp³-hybridized carbons (Fsp3) is 0.357. The van der Waals surface area contributed by atoms with Crippen LogP contribution in [0.25, 0.3) is 0 Å². The summed E-state index contributed by atoms with van der Waals surface area (Å²) in [5, 5.41) is 12.0. The third-order valence-electron chi connectivity index (χ3n) is 3.34. The summed E-state index contributed by atoms with van der Waals surface area (Å²) in [6, 6.07) is 3.48. The summed E-state index contributed by atoms with van der Waals surface area (Å²) < 4.78 is 5.01. The molecule has 2 N–H and O–H groups in total. The Morgan fingerprint density at radius 3 is 2.81 bits per heavy atom. The second kappa shape index (κ2) is 5.82. The van der Waals surface area contributed by atoms with Crippen molar-refractivity contribution in [2.45, 2.75) is 19.4 Å². The Bertz CT molecular complexity index is 599. The number of ether oxygens (including phenoxy) is 1. The molecule has 1 fully saturated rings. The van der Waals surface area contributed by atoms with Gasteiger partial charge in [-0.2, -0.15) is 0 Å². The first kappa shape index (κ1) is 14.8. The molecular formula is C14H16N2O5. The molecule has 1 aromatic carbocycles. The number of phenols is 1. The van der Waals surface area contributed by atoms with E-state index >= 15 is 0 Å². The molecule has 0 bridgehead atoms. The Morgan fingerprint density at radius 1 is 1.48 bits per heavy atom. The van der Waals surface area contributed by atoms with Gasteiger partial charge in [0.25, 0.3) is 5.91 Å². The largest absolute Gasteiger partial charge is 0.507 e. The Balaban J connectivity index is 2.37. The molecule has 0 aromatic heterocycles. The van der Waals surface area contributed by atoms with Crippen LogP contribution >= 0.6 is 0 Å². The van der Waals surface area contributed by atoms with E-state index in [0.717, 1.165) is 4.90 Å². The Morgan fingerprint density at radius 2 is 2.19 bits per heavy atom. The number of carbonyl (C=O) groups excluding carboxylic acids is 3. The lowest BCUT2D eigenvalue weighted by molar-refractivity contribution is -0.138. The summed E-state index contributed by atoms with van der Waals surface area (Å²) in [4.78, 5) is 36.9. The molecule has 1 aliphatic heterocycles. The van der Waals surface area contributed by atoms with E-state index in [1.54, 1.807) is 6.92 Å². The molecule has 1 heterocycles. The lowest BCUT2D eigenvalue weighted by Gasteiger charge is -2.33. The molecule has 0 radical (unpaired) electrons. The molecule has 3 amide bonds. The first-order valence-corrected chi connectivity index (χ1v) is 6.49. The van der Waals surface area contributed by atoms with Gasteiger partial charge in [0.15, 0.2) is 0 Å². The SMILES string of the molecule is CCC1C(=O)NC(=O)CN1C(=O)c1cc(OC)ccc1O. The van der Waals surface area contributed by atoms with Crippen LogP contribution in [0.2, 0.25) is 0 Å². The number of hydrogen-bond acceptors (Lipinski definition) is 5. The van der Waals surface area contributed by atoms with Gasteiger partial charge in [0.05, 0.1) is 12.7 Å². The van der Waals surface area contributed by atoms with Gasteiger partial charge in [0, 0.05) is 0 Å². The third kappa shape index (κ3) is 2.81. The van der Waals surface area contributed by atoms with Gasteiger partial charge < -0.3 is 14.7 Å². The minimum absolute atomic E-state index is 0.00435. The van der Waals surface area contributed by atoms with Gasteiger partial charge in [-0.15, -0.1) is 0 Å². The molecular weight excluding hydrogens is 276 g/mol. The zero-order valence-electron chi connectivity index (χ0n) is 11.8. The van der Waals surface area contributed by atoms with Crippen LogP contribution in [0.3, 0.4) is 0 Å². The third-order valence-corrected chi connectivity index (χ3v) is 3.34. The molecule has 1 atom stereocenters. The zero-order valence-corrected chi connectivity index (χ0v) is 11.8. The van der Waals surface area contributed by atoms with Crippen molar-refractivity contribution in [2.24, 2.45) is 0 Å². The molecule has 0 saturated carbocycles. The predicted octanol–water partition coefficient (Wildman–Crippen LogP) is 0.278. The van der Waals surface area contributed by atoms with Gasteiger partial charge in [-0.1, -0.05) is 6.92 Å². The van der Waals surface area contributed by atoms with Gasteiger partial charge in [0.1, 0.15) is 24.1 Å². The van der Waals surface area contributed by atoms with Crippen molar-refractivity contribution >= 4 is 17.7 Å². The van der Waals surface area contributed by atoms with Crippen LogP contribution in [-0.4, -0.2) is 47.4 Å². The van der Waals surface area contributed by atoms with E-state index in [1.165, 1.54) is 25.3 Å². The number of imide groups is 1. The monoisotopic (exact) mass is 292 g/mol. The Hall–Kier alpha value is -2.57. The average molecular weight is 292 g/mol. The van der Waals surface area contributed by atoms with Crippen molar-refractivity contribution in [3.05, 3.63) is 23.8 Å². The fourth-order valence-electron chi connectivity index (χ4n) is 2.25. The van der Waals surface area contributed by atoms with Gasteiger partial charge in [0.2, 0.25) is 11.8 Å². The van der Waals surface area contributed by atoms with Crippen LogP contribution in [0, 0.1) is 0 Å². The van der Waals surface area contributed by atoms with Crippen molar-refractivity contribution < 1.29 is 24.2 Å². The molecule has 1 aromatic rings. The second-order valence-corrected chi connectivity index (χ2v) is 4.65. The highest BCUT2D eigenvalue weighted by atomic mass is 16.5. The number of benzene rings is 1. The molecule has 1 saturated heterocycles. The van der Waals surface area contributed by atoms with Crippen molar-refractivity contribution in [3.8, 4) is 11.5 Å². The second-order valence-electron chi connectivity index (χ2n) is 4.65. The molecule has 21 heavy (non-hydrogen) atoms. The number of rotatable bonds is 3. The fourth-order valence-corrected chi connectivity index (χ4v) is 2.25. The summed E-state index contributed by atoms with van der Waals surface area (Å²) >= 11 is 0. The van der Waals surface area contributed by atoms with Crippen LogP contribution in [-0.2, 0) is 9.59 Å². The van der Waals surface area contributed by atoms with Crippen LogP contribution in [0.5, 0.6) is 11.5 Å². The Kier molecular flexibility index (Phi) is 4.11. The van der Waals surface area contributed by atoms with Crippen LogP contribution in [0.15, 0.2) is 18.2 Å². The molecule has 7 heteroatoms. The summed E-state index contributed by atoms with van der Waals surface area (Å²) in [6.07, 6.45) is 0.371. The number of aromatic hydroxyl groups is 1. The first-order chi connectivity index (χ1) is 9.97. The minimum Gasteiger partial charge on any atom is -0.507 e. The van der Waals surface area contributed by atoms with Crippen molar-refractivity contribution in [1.82, 2.24) is 10.2 Å². The number of hydrogen-bond donors (Lipinski definition) is 2. The smallest absolute Gasteiger partial charge is 0.258 e. The van der Waals surface area contributed by atoms with E-state index in [4.69, 9.17) is 4.74 Å². The number of piperazine rings is 1. The van der Waals surface area contributed by atoms with Crippen molar-refractivity contribution in [1.29, 1.82) is 0 Å². The molecule has 0 aliphatic carbocycles. The van der Waals surface area contributed by atoms with Crippen LogP contribution in [0.4, 0.5) is 0 Å². The summed E-state index contributed by atoms with van der Waals surface area (Å²) in [6.45, 7) is 1.52. The van der Waals surface area contributed by atoms with E-state index in [2.05, 4.69) is 5.32 Å². The average Bonchev–Trinajstić information content (AvgIpc) is 2.46. The van der Waals surface area contributed by atoms with E-state index in [0.29, 0.717) is 12.2 Å². The summed E-state index contributed by atoms with van der Waals surface area (Å²) in [5.74, 6) is -1.46. The highest BCUT2D eigenvalue weighted by molar-refractivity contribution is 6.08. The highest BCUT2D eigenvalue weighted by Crippen LogP contribution is 2.25. The maximum atomic E-state index is 12.5. The number of carbonyl (C=O) groups is 3. The molecule has 1 aliphatic rings. The number of nitrogens with zero attached hydrogens (tertiary/aromatic N) is 1. The molecule has 112 valence electrons. The lowest BCUT2D eigenvalue weighted by Crippen LogP contribution is -2.59. The van der Waals surface area contributed by atoms with Crippen molar-refractivity contribution in [2.75, 3.05) is 13.7 Å². The van der Waals surface area contributed by atoms with E-state index in [1.807, 2.05) is 0 Å². The summed E-state index contributed by atoms with van der Waals surface area (Å²) in [5.41, 5.74) is -0.00435. The maximum Gasteiger partial charge on any atom is 0.258 e. The van der Waals surface area contributed by atoms with Gasteiger partial charge >= 0.3 is 0 Å². The minimum atomic E-state index is -0.735. The first-order valence-electron chi connectivity index (χ1n) is 6.49. The van der Waals surface area contributed by atoms with Gasteiger partial charge in [-0.25, -0.2) is 0 Å². The number of nitrogens with one attached hydrogen (secondary N) is 1. The normalized spacial score (nSPS) is 18.4. The zero-order chi connectivity index (χ0) is 15.6. The maximum absolute atomic E-state index is 12.5. The molecule has 7 nitrogen and oxygen atoms in total. The molecule has 1 unspecified atom stereocenters. The van der Waals surface area contributed by atoms with Gasteiger partial charge in [-0.05, 0) is 24.6 Å². The number of phenolic OH excluding ortho intramolecular Hbond substituents is 1. The van der Waals surface area contributed by atoms with Crippen LogP contribution in [0.1, 0.15) is 23.7 Å². The molecule has 2 rings (SSSR count). The lowest BCUT2D eigenvalue weighted by atomic mass is 10.1. The summed E-state index contributed by atoms with van der Waals surface area (Å²) in [7, 11) is 1.44. The van der Waals surface area contributed by atoms with E-state index < -0.39 is 23.8 Å². The highest BCUT2D eigenvalue weighted by Gasteiger charge is 2.36. The number of amides is 3.